The van der Waals surface area contributed by atoms with E-state index >= 15 is 0 Å². The minimum absolute atomic E-state index is 0.0820. The van der Waals surface area contributed by atoms with Crippen LogP contribution in [0.25, 0.3) is 0 Å². The number of aliphatic hydroxyl groups is 1. The van der Waals surface area contributed by atoms with E-state index < -0.39 is 11.0 Å². The summed E-state index contributed by atoms with van der Waals surface area (Å²) >= 11 is 0. The molecule has 0 aliphatic heterocycles. The number of nitrogen functional groups attached to an aromatic ring is 1. The molecule has 106 valence electrons. The summed E-state index contributed by atoms with van der Waals surface area (Å²) in [6.07, 6.45) is -0.0809. The SMILES string of the molecule is Cc1nc(NN)nc(NC(C)CC(C)O)c1[N+](=O)[O-]. The Labute approximate surface area is 110 Å². The van der Waals surface area contributed by atoms with Crippen LogP contribution in [0.5, 0.6) is 0 Å². The van der Waals surface area contributed by atoms with Gasteiger partial charge in [-0.2, -0.15) is 4.98 Å². The second kappa shape index (κ2) is 6.25. The summed E-state index contributed by atoms with van der Waals surface area (Å²) in [4.78, 5) is 18.3. The van der Waals surface area contributed by atoms with Crippen LogP contribution in [0.3, 0.4) is 0 Å². The molecule has 2 unspecified atom stereocenters. The zero-order valence-electron chi connectivity index (χ0n) is 11.0. The van der Waals surface area contributed by atoms with Crippen LogP contribution in [0.4, 0.5) is 17.5 Å². The zero-order chi connectivity index (χ0) is 14.6. The fourth-order valence-electron chi connectivity index (χ4n) is 1.75. The van der Waals surface area contributed by atoms with E-state index in [4.69, 9.17) is 5.84 Å². The first-order chi connectivity index (χ1) is 8.85. The Morgan fingerprint density at radius 1 is 1.47 bits per heavy atom. The highest BCUT2D eigenvalue weighted by Gasteiger charge is 2.23. The highest BCUT2D eigenvalue weighted by Crippen LogP contribution is 2.27. The predicted molar refractivity (Wildman–Crippen MR) is 70.6 cm³/mol. The normalized spacial score (nSPS) is 13.7. The van der Waals surface area contributed by atoms with Crippen molar-refractivity contribution in [3.63, 3.8) is 0 Å². The first-order valence-corrected chi connectivity index (χ1v) is 5.79. The van der Waals surface area contributed by atoms with Gasteiger partial charge in [0.1, 0.15) is 5.69 Å². The molecule has 1 aromatic rings. The van der Waals surface area contributed by atoms with Crippen molar-refractivity contribution in [2.24, 2.45) is 5.84 Å². The molecule has 0 aliphatic rings. The van der Waals surface area contributed by atoms with E-state index in [0.29, 0.717) is 6.42 Å². The summed E-state index contributed by atoms with van der Waals surface area (Å²) in [6.45, 7) is 4.94. The number of aryl methyl sites for hydroxylation is 1. The number of rotatable bonds is 6. The number of hydrogen-bond acceptors (Lipinski definition) is 8. The van der Waals surface area contributed by atoms with Crippen LogP contribution < -0.4 is 16.6 Å². The molecule has 0 aliphatic carbocycles. The lowest BCUT2D eigenvalue weighted by atomic mass is 10.1. The minimum Gasteiger partial charge on any atom is -0.393 e. The number of anilines is 2. The van der Waals surface area contributed by atoms with Crippen molar-refractivity contribution in [1.29, 1.82) is 0 Å². The lowest BCUT2D eigenvalue weighted by Gasteiger charge is -2.16. The first kappa shape index (κ1) is 15.1. The van der Waals surface area contributed by atoms with Crippen molar-refractivity contribution in [2.45, 2.75) is 39.3 Å². The van der Waals surface area contributed by atoms with Gasteiger partial charge in [-0.05, 0) is 27.2 Å². The number of nitrogens with one attached hydrogen (secondary N) is 2. The average Bonchev–Trinajstić information content (AvgIpc) is 2.26. The van der Waals surface area contributed by atoms with Crippen molar-refractivity contribution in [2.75, 3.05) is 10.7 Å². The fraction of sp³-hybridized carbons (Fsp3) is 0.600. The van der Waals surface area contributed by atoms with Crippen molar-refractivity contribution in [3.05, 3.63) is 15.8 Å². The van der Waals surface area contributed by atoms with Gasteiger partial charge in [-0.1, -0.05) is 0 Å². The number of hydrazine groups is 1. The molecule has 0 aromatic carbocycles. The molecule has 0 radical (unpaired) electrons. The third-order valence-corrected chi connectivity index (χ3v) is 2.45. The van der Waals surface area contributed by atoms with Gasteiger partial charge in [0, 0.05) is 6.04 Å². The first-order valence-electron chi connectivity index (χ1n) is 5.79. The molecule has 0 bridgehead atoms. The fourth-order valence-corrected chi connectivity index (χ4v) is 1.75. The zero-order valence-corrected chi connectivity index (χ0v) is 11.0. The molecule has 1 rings (SSSR count). The van der Waals surface area contributed by atoms with Crippen LogP contribution >= 0.6 is 0 Å². The second-order valence-electron chi connectivity index (χ2n) is 4.36. The van der Waals surface area contributed by atoms with Crippen LogP contribution in [0.2, 0.25) is 0 Å². The van der Waals surface area contributed by atoms with Crippen LogP contribution in [-0.4, -0.2) is 32.1 Å². The van der Waals surface area contributed by atoms with E-state index in [1.807, 2.05) is 0 Å². The van der Waals surface area contributed by atoms with Gasteiger partial charge in [0.2, 0.25) is 11.8 Å². The maximum absolute atomic E-state index is 11.0. The monoisotopic (exact) mass is 270 g/mol. The standard InChI is InChI=1S/C10H18N6O3/c1-5(4-6(2)17)12-9-8(16(18)19)7(3)13-10(14-9)15-11/h5-6,17H,4,11H2,1-3H3,(H2,12,13,14,15). The van der Waals surface area contributed by atoms with E-state index in [9.17, 15) is 15.2 Å². The van der Waals surface area contributed by atoms with Gasteiger partial charge in [-0.25, -0.2) is 10.8 Å². The Morgan fingerprint density at radius 3 is 2.58 bits per heavy atom. The summed E-state index contributed by atoms with van der Waals surface area (Å²) < 4.78 is 0. The molecule has 9 nitrogen and oxygen atoms in total. The lowest BCUT2D eigenvalue weighted by molar-refractivity contribution is -0.385. The van der Waals surface area contributed by atoms with Gasteiger partial charge >= 0.3 is 5.69 Å². The molecule has 1 heterocycles. The summed E-state index contributed by atoms with van der Waals surface area (Å²) in [7, 11) is 0. The summed E-state index contributed by atoms with van der Waals surface area (Å²) in [5.41, 5.74) is 2.26. The maximum Gasteiger partial charge on any atom is 0.332 e. The van der Waals surface area contributed by atoms with Gasteiger partial charge in [0.25, 0.3) is 0 Å². The molecule has 0 saturated carbocycles. The molecule has 0 fully saturated rings. The molecular weight excluding hydrogens is 252 g/mol. The highest BCUT2D eigenvalue weighted by atomic mass is 16.6. The topological polar surface area (TPSA) is 139 Å². The number of hydrogen-bond donors (Lipinski definition) is 4. The van der Waals surface area contributed by atoms with Crippen molar-refractivity contribution in [3.8, 4) is 0 Å². The van der Waals surface area contributed by atoms with Gasteiger partial charge in [0.05, 0.1) is 11.0 Å². The molecule has 2 atom stereocenters. The van der Waals surface area contributed by atoms with Gasteiger partial charge in [0.15, 0.2) is 0 Å². The molecule has 0 amide bonds. The van der Waals surface area contributed by atoms with E-state index in [1.165, 1.54) is 6.92 Å². The highest BCUT2D eigenvalue weighted by molar-refractivity contribution is 5.61. The Bertz CT molecular complexity index is 465. The van der Waals surface area contributed by atoms with Crippen molar-refractivity contribution in [1.82, 2.24) is 9.97 Å². The molecule has 9 heteroatoms. The molecule has 5 N–H and O–H groups in total. The molecule has 0 spiro atoms. The van der Waals surface area contributed by atoms with Gasteiger partial charge < -0.3 is 10.4 Å². The Kier molecular flexibility index (Phi) is 4.95. The smallest absolute Gasteiger partial charge is 0.332 e. The van der Waals surface area contributed by atoms with E-state index in [1.54, 1.807) is 13.8 Å². The molecule has 0 saturated heterocycles. The quantitative estimate of drug-likeness (QED) is 0.334. The van der Waals surface area contributed by atoms with Crippen LogP contribution in [0.1, 0.15) is 26.0 Å². The third kappa shape index (κ3) is 4.00. The number of nitro groups is 1. The van der Waals surface area contributed by atoms with Crippen LogP contribution in [0.15, 0.2) is 0 Å². The van der Waals surface area contributed by atoms with E-state index in [2.05, 4.69) is 20.7 Å². The number of nitrogens with two attached hydrogens (primary N) is 1. The van der Waals surface area contributed by atoms with E-state index in [-0.39, 0.29) is 29.2 Å². The summed E-state index contributed by atoms with van der Waals surface area (Å²) in [6, 6.07) is -0.182. The number of nitrogens with zero attached hydrogens (tertiary/aromatic N) is 3. The maximum atomic E-state index is 11.0. The average molecular weight is 270 g/mol. The van der Waals surface area contributed by atoms with Crippen LogP contribution in [0, 0.1) is 17.0 Å². The Morgan fingerprint density at radius 2 is 2.11 bits per heavy atom. The van der Waals surface area contributed by atoms with Crippen LogP contribution in [-0.2, 0) is 0 Å². The molecule has 1 aromatic heterocycles. The summed E-state index contributed by atoms with van der Waals surface area (Å²) in [5.74, 6) is 5.39. The number of aromatic nitrogens is 2. The second-order valence-corrected chi connectivity index (χ2v) is 4.36. The Hall–Kier alpha value is -2.00. The number of aliphatic hydroxyl groups excluding tert-OH is 1. The lowest BCUT2D eigenvalue weighted by Crippen LogP contribution is -2.23. The van der Waals surface area contributed by atoms with Gasteiger partial charge in [-0.3, -0.25) is 15.5 Å². The Balaban J connectivity index is 3.09. The van der Waals surface area contributed by atoms with Crippen molar-refractivity contribution >= 4 is 17.5 Å². The van der Waals surface area contributed by atoms with Crippen molar-refractivity contribution < 1.29 is 10.0 Å². The molecule has 19 heavy (non-hydrogen) atoms. The van der Waals surface area contributed by atoms with Gasteiger partial charge in [-0.15, -0.1) is 0 Å². The largest absolute Gasteiger partial charge is 0.393 e. The van der Waals surface area contributed by atoms with E-state index in [0.717, 1.165) is 0 Å². The third-order valence-electron chi connectivity index (χ3n) is 2.45. The molecular formula is C10H18N6O3. The summed E-state index contributed by atoms with van der Waals surface area (Å²) in [5, 5.41) is 23.2. The predicted octanol–water partition coefficient (Wildman–Crippen LogP) is 0.550. The minimum atomic E-state index is -0.549.